The zero-order valence-corrected chi connectivity index (χ0v) is 28.5. The van der Waals surface area contributed by atoms with Crippen molar-refractivity contribution in [3.8, 4) is 0 Å². The lowest BCUT2D eigenvalue weighted by atomic mass is 9.88. The summed E-state index contributed by atoms with van der Waals surface area (Å²) in [5.74, 6) is -0.843. The highest BCUT2D eigenvalue weighted by molar-refractivity contribution is 5.70. The molecule has 0 aromatic carbocycles. The molecule has 11 nitrogen and oxygen atoms in total. The van der Waals surface area contributed by atoms with Gasteiger partial charge in [0.25, 0.3) is 0 Å². The van der Waals surface area contributed by atoms with E-state index in [0.717, 1.165) is 5.57 Å². The molecule has 0 aromatic rings. The molecule has 0 radical (unpaired) electrons. The van der Waals surface area contributed by atoms with Gasteiger partial charge < -0.3 is 44.5 Å². The van der Waals surface area contributed by atoms with Crippen LogP contribution in [0.3, 0.4) is 0 Å². The number of carbonyl (C=O) groups is 2. The molecular formula is C34H58N2O9. The van der Waals surface area contributed by atoms with Crippen LogP contribution >= 0.6 is 0 Å². The number of amides is 1. The van der Waals surface area contributed by atoms with Crippen LogP contribution < -0.4 is 5.32 Å². The summed E-state index contributed by atoms with van der Waals surface area (Å²) in [6.07, 6.45) is 6.13. The lowest BCUT2D eigenvalue weighted by Crippen LogP contribution is -2.50. The molecule has 2 heterocycles. The first-order valence-electron chi connectivity index (χ1n) is 16.3. The van der Waals surface area contributed by atoms with E-state index in [0.29, 0.717) is 45.4 Å². The van der Waals surface area contributed by atoms with Crippen LogP contribution in [0.5, 0.6) is 0 Å². The zero-order valence-electron chi connectivity index (χ0n) is 28.5. The lowest BCUT2D eigenvalue weighted by Gasteiger charge is -2.37. The average molecular weight is 639 g/mol. The van der Waals surface area contributed by atoms with Crippen molar-refractivity contribution in [1.29, 1.82) is 0 Å². The van der Waals surface area contributed by atoms with Gasteiger partial charge in [-0.25, -0.2) is 4.79 Å². The normalized spacial score (nSPS) is 31.6. The van der Waals surface area contributed by atoms with Crippen LogP contribution in [0.15, 0.2) is 36.0 Å². The number of hydrogen-bond donors (Lipinski definition) is 4. The first-order chi connectivity index (χ1) is 21.1. The van der Waals surface area contributed by atoms with E-state index in [1.807, 2.05) is 47.6 Å². The van der Waals surface area contributed by atoms with Crippen molar-refractivity contribution in [2.24, 2.45) is 5.92 Å². The Labute approximate surface area is 269 Å². The number of aliphatic hydroxyl groups excluding tert-OH is 2. The second kappa shape index (κ2) is 18.2. The van der Waals surface area contributed by atoms with Gasteiger partial charge in [-0.15, -0.1) is 0 Å². The van der Waals surface area contributed by atoms with Crippen LogP contribution in [-0.2, 0) is 23.7 Å². The Bertz CT molecular complexity index is 1020. The largest absolute Gasteiger partial charge is 0.457 e. The number of piperazine rings is 1. The number of ether oxygens (including phenoxy) is 4. The molecule has 0 aliphatic carbocycles. The molecule has 1 fully saturated rings. The molecule has 4 N–H and O–H groups in total. The molecule has 0 saturated carbocycles. The Morgan fingerprint density at radius 1 is 1.29 bits per heavy atom. The first-order valence-corrected chi connectivity index (χ1v) is 16.3. The maximum Gasteiger partial charge on any atom is 0.410 e. The van der Waals surface area contributed by atoms with Gasteiger partial charge in [-0.1, -0.05) is 38.2 Å². The number of allylic oxidation sites excluding steroid dienone is 2. The van der Waals surface area contributed by atoms with Crippen molar-refractivity contribution in [1.82, 2.24) is 10.2 Å². The summed E-state index contributed by atoms with van der Waals surface area (Å²) in [4.78, 5) is 27.6. The van der Waals surface area contributed by atoms with E-state index >= 15 is 0 Å². The topological polar surface area (TPSA) is 147 Å². The molecule has 11 heteroatoms. The number of rotatable bonds is 11. The number of nitrogens with zero attached hydrogens (tertiary/aromatic N) is 1. The molecule has 2 aliphatic rings. The van der Waals surface area contributed by atoms with Gasteiger partial charge in [0.15, 0.2) is 6.10 Å². The minimum Gasteiger partial charge on any atom is -0.457 e. The average Bonchev–Trinajstić information content (AvgIpc) is 2.99. The van der Waals surface area contributed by atoms with Crippen molar-refractivity contribution in [2.75, 3.05) is 33.3 Å². The van der Waals surface area contributed by atoms with E-state index in [4.69, 9.17) is 18.9 Å². The van der Waals surface area contributed by atoms with E-state index in [2.05, 4.69) is 5.32 Å². The van der Waals surface area contributed by atoms with Crippen molar-refractivity contribution >= 4 is 12.1 Å². The lowest BCUT2D eigenvalue weighted by molar-refractivity contribution is -0.151. The second-order valence-corrected chi connectivity index (χ2v) is 13.1. The molecule has 1 amide bonds. The van der Waals surface area contributed by atoms with Gasteiger partial charge >= 0.3 is 12.1 Å². The van der Waals surface area contributed by atoms with Crippen LogP contribution in [0.25, 0.3) is 0 Å². The Morgan fingerprint density at radius 3 is 2.58 bits per heavy atom. The Balaban J connectivity index is 2.27. The van der Waals surface area contributed by atoms with Crippen LogP contribution in [-0.4, -0.2) is 113 Å². The molecular weight excluding hydrogens is 580 g/mol. The second-order valence-electron chi connectivity index (χ2n) is 13.1. The van der Waals surface area contributed by atoms with Gasteiger partial charge in [0.2, 0.25) is 0 Å². The summed E-state index contributed by atoms with van der Waals surface area (Å²) >= 11 is 0. The number of nitrogens with one attached hydrogen (secondary N) is 1. The predicted octanol–water partition coefficient (Wildman–Crippen LogP) is 3.66. The molecule has 2 rings (SSSR count). The Morgan fingerprint density at radius 2 is 1.96 bits per heavy atom. The smallest absolute Gasteiger partial charge is 0.410 e. The standard InChI is InChI=1S/C34H58N2O9/c1-9-28(38)26(5)43-25(4)22-33(6,41)15-10-11-23(2)31-24(3)12-13-29(44-32(40)36-19-17-35-18-20-36)34(7,42-8)16-14-27(37)21-30(39)45-31/h10-13,15,24-29,31,35,37-38,41H,9,14,16-22H2,1-8H3/b13-12+,15-10+,23-11+/t24-,25-,26+,27+,28-,29-,31+,33-,34+/m0/s1. The maximum absolute atomic E-state index is 13.1. The number of aliphatic hydroxyl groups is 3. The summed E-state index contributed by atoms with van der Waals surface area (Å²) in [6, 6.07) is 0. The fourth-order valence-electron chi connectivity index (χ4n) is 5.68. The summed E-state index contributed by atoms with van der Waals surface area (Å²) in [5.41, 5.74) is -1.39. The van der Waals surface area contributed by atoms with Crippen LogP contribution in [0.2, 0.25) is 0 Å². The number of esters is 1. The van der Waals surface area contributed by atoms with E-state index in [1.165, 1.54) is 0 Å². The monoisotopic (exact) mass is 638 g/mol. The number of carbonyl (C=O) groups excluding carboxylic acids is 2. The minimum absolute atomic E-state index is 0.182. The van der Waals surface area contributed by atoms with E-state index < -0.39 is 47.7 Å². The molecule has 0 bridgehead atoms. The van der Waals surface area contributed by atoms with Gasteiger partial charge in [0, 0.05) is 45.6 Å². The highest BCUT2D eigenvalue weighted by Gasteiger charge is 2.38. The first kappa shape index (κ1) is 38.9. The molecule has 9 atom stereocenters. The SMILES string of the molecule is CC[C@H](O)[C@@H](C)O[C@@H](C)C[C@@](C)(O)/C=C/C=C(\C)[C@H]1OC(=O)C[C@H](O)CC[C@@](C)(OC)[C@@H](OC(=O)N2CCNCC2)/C=C/[C@@H]1C. The molecule has 0 spiro atoms. The van der Waals surface area contributed by atoms with Crippen LogP contribution in [0, 0.1) is 5.92 Å². The van der Waals surface area contributed by atoms with Gasteiger partial charge in [-0.05, 0) is 65.5 Å². The van der Waals surface area contributed by atoms with Gasteiger partial charge in [-0.2, -0.15) is 0 Å². The number of hydrogen-bond acceptors (Lipinski definition) is 10. The quantitative estimate of drug-likeness (QED) is 0.150. The van der Waals surface area contributed by atoms with Crippen molar-refractivity contribution in [2.45, 2.75) is 128 Å². The number of cyclic esters (lactones) is 1. The van der Waals surface area contributed by atoms with Crippen molar-refractivity contribution in [3.05, 3.63) is 36.0 Å². The summed E-state index contributed by atoms with van der Waals surface area (Å²) in [5, 5.41) is 34.9. The fraction of sp³-hybridized carbons (Fsp3) is 0.765. The predicted molar refractivity (Wildman–Crippen MR) is 173 cm³/mol. The fourth-order valence-corrected chi connectivity index (χ4v) is 5.68. The molecule has 2 aliphatic heterocycles. The highest BCUT2D eigenvalue weighted by Crippen LogP contribution is 2.30. The summed E-state index contributed by atoms with van der Waals surface area (Å²) in [6.45, 7) is 15.3. The molecule has 258 valence electrons. The van der Waals surface area contributed by atoms with Gasteiger partial charge in [0.1, 0.15) is 11.7 Å². The van der Waals surface area contributed by atoms with Crippen LogP contribution in [0.4, 0.5) is 4.79 Å². The van der Waals surface area contributed by atoms with Gasteiger partial charge in [-0.3, -0.25) is 4.79 Å². The summed E-state index contributed by atoms with van der Waals surface area (Å²) in [7, 11) is 1.55. The van der Waals surface area contributed by atoms with E-state index in [1.54, 1.807) is 43.2 Å². The summed E-state index contributed by atoms with van der Waals surface area (Å²) < 4.78 is 23.6. The molecule has 45 heavy (non-hydrogen) atoms. The Kier molecular flexibility index (Phi) is 15.7. The molecule has 0 aromatic heterocycles. The third-order valence-electron chi connectivity index (χ3n) is 8.74. The zero-order chi connectivity index (χ0) is 33.8. The maximum atomic E-state index is 13.1. The molecule has 1 saturated heterocycles. The third-order valence-corrected chi connectivity index (χ3v) is 8.74. The third kappa shape index (κ3) is 12.8. The minimum atomic E-state index is -1.18. The highest BCUT2D eigenvalue weighted by atomic mass is 16.6. The molecule has 0 unspecified atom stereocenters. The van der Waals surface area contributed by atoms with Crippen molar-refractivity contribution in [3.63, 3.8) is 0 Å². The number of methoxy groups -OCH3 is 1. The van der Waals surface area contributed by atoms with E-state index in [-0.39, 0.29) is 31.0 Å². The Hall–Kier alpha value is -2.28. The van der Waals surface area contributed by atoms with Gasteiger partial charge in [0.05, 0.1) is 36.4 Å². The van der Waals surface area contributed by atoms with E-state index in [9.17, 15) is 24.9 Å². The van der Waals surface area contributed by atoms with Crippen molar-refractivity contribution < 1.29 is 43.9 Å². The van der Waals surface area contributed by atoms with Crippen LogP contribution in [0.1, 0.15) is 80.6 Å².